The zero-order valence-corrected chi connectivity index (χ0v) is 17.7. The topological polar surface area (TPSA) is 65.5 Å². The van der Waals surface area contributed by atoms with Gasteiger partial charge in [0.05, 0.1) is 12.1 Å². The number of rotatable bonds is 3. The normalized spacial score (nSPS) is 23.0. The van der Waals surface area contributed by atoms with Crippen LogP contribution in [0.4, 0.5) is 4.39 Å². The maximum atomic E-state index is 14.1. The van der Waals surface area contributed by atoms with Crippen molar-refractivity contribution in [3.63, 3.8) is 0 Å². The van der Waals surface area contributed by atoms with Gasteiger partial charge in [0.2, 0.25) is 5.91 Å². The third-order valence-electron chi connectivity index (χ3n) is 6.35. The van der Waals surface area contributed by atoms with Gasteiger partial charge >= 0.3 is 0 Å². The highest BCUT2D eigenvalue weighted by atomic mass is 19.1. The summed E-state index contributed by atoms with van der Waals surface area (Å²) >= 11 is 0. The molecule has 164 valence electrons. The third kappa shape index (κ3) is 5.10. The lowest BCUT2D eigenvalue weighted by molar-refractivity contribution is -0.126. The van der Waals surface area contributed by atoms with Gasteiger partial charge in [-0.1, -0.05) is 24.6 Å². The first-order valence-corrected chi connectivity index (χ1v) is 11.1. The number of nitrogens with one attached hydrogen (secondary N) is 1. The summed E-state index contributed by atoms with van der Waals surface area (Å²) < 4.78 is 14.1. The number of carbonyl (C=O) groups is 2. The van der Waals surface area contributed by atoms with Crippen LogP contribution in [0.15, 0.2) is 48.8 Å². The van der Waals surface area contributed by atoms with Gasteiger partial charge in [-0.15, -0.1) is 0 Å². The van der Waals surface area contributed by atoms with Crippen molar-refractivity contribution in [3.05, 3.63) is 65.7 Å². The van der Waals surface area contributed by atoms with E-state index in [0.717, 1.165) is 25.7 Å². The number of pyridine rings is 1. The summed E-state index contributed by atoms with van der Waals surface area (Å²) in [6.07, 6.45) is 6.19. The van der Waals surface area contributed by atoms with Gasteiger partial charge < -0.3 is 10.2 Å². The number of benzene rings is 1. The van der Waals surface area contributed by atoms with Crippen LogP contribution in [0.1, 0.15) is 41.6 Å². The molecule has 1 aromatic heterocycles. The molecule has 1 saturated heterocycles. The highest BCUT2D eigenvalue weighted by molar-refractivity contribution is 5.95. The molecule has 0 radical (unpaired) electrons. The Labute approximate surface area is 182 Å². The molecular weight excluding hydrogens is 395 g/mol. The van der Waals surface area contributed by atoms with Crippen LogP contribution in [-0.2, 0) is 11.3 Å². The summed E-state index contributed by atoms with van der Waals surface area (Å²) in [7, 11) is 0. The molecule has 0 spiro atoms. The van der Waals surface area contributed by atoms with Crippen LogP contribution >= 0.6 is 0 Å². The average Bonchev–Trinajstić information content (AvgIpc) is 3.26. The Morgan fingerprint density at radius 3 is 2.74 bits per heavy atom. The number of hydrogen-bond donors (Lipinski definition) is 1. The summed E-state index contributed by atoms with van der Waals surface area (Å²) in [4.78, 5) is 34.1. The Morgan fingerprint density at radius 1 is 1.10 bits per heavy atom. The molecule has 2 atom stereocenters. The van der Waals surface area contributed by atoms with Crippen LogP contribution < -0.4 is 5.32 Å². The van der Waals surface area contributed by atoms with Crippen molar-refractivity contribution < 1.29 is 14.0 Å². The van der Waals surface area contributed by atoms with E-state index in [2.05, 4.69) is 15.2 Å². The first-order valence-electron chi connectivity index (χ1n) is 11.1. The van der Waals surface area contributed by atoms with Crippen LogP contribution in [-0.4, -0.2) is 58.8 Å². The zero-order chi connectivity index (χ0) is 21.6. The van der Waals surface area contributed by atoms with Crippen molar-refractivity contribution in [3.8, 4) is 0 Å². The fraction of sp³-hybridized carbons (Fsp3) is 0.458. The van der Waals surface area contributed by atoms with Gasteiger partial charge in [-0.25, -0.2) is 4.39 Å². The summed E-state index contributed by atoms with van der Waals surface area (Å²) in [5, 5.41) is 3.06. The van der Waals surface area contributed by atoms with Gasteiger partial charge in [0.15, 0.2) is 0 Å². The van der Waals surface area contributed by atoms with E-state index in [4.69, 9.17) is 0 Å². The van der Waals surface area contributed by atoms with E-state index in [-0.39, 0.29) is 29.6 Å². The molecule has 1 saturated carbocycles. The lowest BCUT2D eigenvalue weighted by Crippen LogP contribution is -2.47. The molecule has 1 aromatic carbocycles. The van der Waals surface area contributed by atoms with E-state index in [1.54, 1.807) is 12.3 Å². The minimum absolute atomic E-state index is 0.0173. The maximum Gasteiger partial charge on any atom is 0.254 e. The van der Waals surface area contributed by atoms with Gasteiger partial charge in [-0.05, 0) is 37.5 Å². The number of fused-ring (bicyclic) bond motifs is 1. The number of carbonyl (C=O) groups excluding carboxylic acids is 2. The third-order valence-corrected chi connectivity index (χ3v) is 6.35. The van der Waals surface area contributed by atoms with Crippen LogP contribution in [0.5, 0.6) is 0 Å². The molecule has 2 fully saturated rings. The quantitative estimate of drug-likeness (QED) is 0.823. The number of nitrogens with zero attached hydrogens (tertiary/aromatic N) is 3. The van der Waals surface area contributed by atoms with E-state index in [0.29, 0.717) is 43.9 Å². The van der Waals surface area contributed by atoms with E-state index < -0.39 is 0 Å². The number of aromatic nitrogens is 1. The van der Waals surface area contributed by atoms with Crippen LogP contribution in [0.25, 0.3) is 0 Å². The Bertz CT molecular complexity index is 907. The SMILES string of the molecule is O=C1NCCN(Cc2ccncc2F)CCCN(C(=O)c2ccccc2)[C@H]2CCC[C@@H]12. The fourth-order valence-electron chi connectivity index (χ4n) is 4.76. The molecule has 2 amide bonds. The van der Waals surface area contributed by atoms with Gasteiger partial charge in [0, 0.05) is 56.1 Å². The minimum atomic E-state index is -0.323. The van der Waals surface area contributed by atoms with Crippen molar-refractivity contribution in [1.82, 2.24) is 20.1 Å². The van der Waals surface area contributed by atoms with E-state index >= 15 is 0 Å². The molecule has 1 N–H and O–H groups in total. The molecule has 2 heterocycles. The zero-order valence-electron chi connectivity index (χ0n) is 17.7. The summed E-state index contributed by atoms with van der Waals surface area (Å²) in [6, 6.07) is 10.9. The van der Waals surface area contributed by atoms with Gasteiger partial charge in [-0.2, -0.15) is 0 Å². The first-order chi connectivity index (χ1) is 15.1. The van der Waals surface area contributed by atoms with Crippen molar-refractivity contribution in [2.75, 3.05) is 26.2 Å². The number of halogens is 1. The molecule has 31 heavy (non-hydrogen) atoms. The van der Waals surface area contributed by atoms with Gasteiger partial charge in [0.1, 0.15) is 5.82 Å². The highest BCUT2D eigenvalue weighted by Gasteiger charge is 2.39. The van der Waals surface area contributed by atoms with Crippen LogP contribution in [0.2, 0.25) is 0 Å². The fourth-order valence-corrected chi connectivity index (χ4v) is 4.76. The van der Waals surface area contributed by atoms with E-state index in [1.807, 2.05) is 35.2 Å². The predicted molar refractivity (Wildman–Crippen MR) is 116 cm³/mol. The Morgan fingerprint density at radius 2 is 1.94 bits per heavy atom. The molecule has 0 unspecified atom stereocenters. The summed E-state index contributed by atoms with van der Waals surface area (Å²) in [5.41, 5.74) is 1.24. The monoisotopic (exact) mass is 424 g/mol. The maximum absolute atomic E-state index is 14.1. The molecule has 6 nitrogen and oxygen atoms in total. The summed E-state index contributed by atoms with van der Waals surface area (Å²) in [6.45, 7) is 2.90. The van der Waals surface area contributed by atoms with Crippen molar-refractivity contribution in [2.45, 2.75) is 38.3 Å². The largest absolute Gasteiger partial charge is 0.355 e. The molecule has 7 heteroatoms. The van der Waals surface area contributed by atoms with E-state index in [9.17, 15) is 14.0 Å². The number of hydrogen-bond acceptors (Lipinski definition) is 4. The predicted octanol–water partition coefficient (Wildman–Crippen LogP) is 2.85. The molecule has 1 aliphatic carbocycles. The van der Waals surface area contributed by atoms with Crippen molar-refractivity contribution in [2.24, 2.45) is 5.92 Å². The lowest BCUT2D eigenvalue weighted by Gasteiger charge is -2.33. The smallest absolute Gasteiger partial charge is 0.254 e. The average molecular weight is 425 g/mol. The van der Waals surface area contributed by atoms with Gasteiger partial charge in [-0.3, -0.25) is 19.5 Å². The highest BCUT2D eigenvalue weighted by Crippen LogP contribution is 2.31. The Balaban J connectivity index is 1.53. The minimum Gasteiger partial charge on any atom is -0.355 e. The van der Waals surface area contributed by atoms with Gasteiger partial charge in [0.25, 0.3) is 5.91 Å². The molecule has 0 bridgehead atoms. The standard InChI is InChI=1S/C24H29FN4O2/c25-21-16-26-11-10-19(21)17-28-13-5-14-29(24(31)18-6-2-1-3-7-18)22-9-4-8-20(22)23(30)27-12-15-28/h1-3,6-7,10-11,16,20,22H,4-5,8-9,12-15,17H2,(H,27,30)/t20-,22+/m1/s1. The molecule has 2 aliphatic rings. The Kier molecular flexibility index (Phi) is 6.92. The van der Waals surface area contributed by atoms with Crippen molar-refractivity contribution >= 4 is 11.8 Å². The number of amides is 2. The molecule has 4 rings (SSSR count). The second-order valence-corrected chi connectivity index (χ2v) is 8.36. The second kappa shape index (κ2) is 10.0. The Hall–Kier alpha value is -2.80. The first kappa shape index (κ1) is 21.4. The summed E-state index contributed by atoms with van der Waals surface area (Å²) in [5.74, 6) is -0.491. The van der Waals surface area contributed by atoms with Crippen LogP contribution in [0.3, 0.4) is 0 Å². The van der Waals surface area contributed by atoms with E-state index in [1.165, 1.54) is 6.20 Å². The molecule has 2 aromatic rings. The lowest BCUT2D eigenvalue weighted by atomic mass is 9.99. The van der Waals surface area contributed by atoms with Crippen molar-refractivity contribution in [1.29, 1.82) is 0 Å². The van der Waals surface area contributed by atoms with Crippen LogP contribution in [0, 0.1) is 11.7 Å². The molecular formula is C24H29FN4O2. The molecule has 1 aliphatic heterocycles. The second-order valence-electron chi connectivity index (χ2n) is 8.36.